The van der Waals surface area contributed by atoms with Gasteiger partial charge in [0.05, 0.1) is 5.02 Å². The molecule has 0 amide bonds. The summed E-state index contributed by atoms with van der Waals surface area (Å²) in [5, 5.41) is 0.613. The van der Waals surface area contributed by atoms with Gasteiger partial charge in [-0.05, 0) is 17.7 Å². The first kappa shape index (κ1) is 11.4. The largest absolute Gasteiger partial charge is 0.487 e. The van der Waals surface area contributed by atoms with E-state index in [2.05, 4.69) is 16.0 Å². The Morgan fingerprint density at radius 2 is 2.06 bits per heavy atom. The molecular weight excluding hydrogens is 250 g/mol. The molecular formula is C13H12ClN3O. The zero-order valence-corrected chi connectivity index (χ0v) is 10.4. The average molecular weight is 262 g/mol. The van der Waals surface area contributed by atoms with Crippen LogP contribution in [0.15, 0.2) is 30.9 Å². The molecule has 0 spiro atoms. The normalized spacial score (nSPS) is 17.3. The second kappa shape index (κ2) is 4.55. The molecule has 0 bridgehead atoms. The molecule has 0 radical (unpaired) electrons. The van der Waals surface area contributed by atoms with Gasteiger partial charge in [0.25, 0.3) is 0 Å². The summed E-state index contributed by atoms with van der Waals surface area (Å²) in [6.07, 6.45) is 5.86. The lowest BCUT2D eigenvalue weighted by atomic mass is 10.0. The van der Waals surface area contributed by atoms with Gasteiger partial charge in [0.15, 0.2) is 0 Å². The molecule has 18 heavy (non-hydrogen) atoms. The maximum Gasteiger partial charge on any atom is 0.141 e. The molecule has 1 aromatic heterocycles. The molecule has 92 valence electrons. The lowest BCUT2D eigenvalue weighted by Gasteiger charge is -2.08. The third-order valence-corrected chi connectivity index (χ3v) is 3.29. The van der Waals surface area contributed by atoms with Crippen LogP contribution in [0.2, 0.25) is 5.02 Å². The smallest absolute Gasteiger partial charge is 0.141 e. The number of hydrogen-bond donors (Lipinski definition) is 1. The van der Waals surface area contributed by atoms with Crippen LogP contribution in [0.3, 0.4) is 0 Å². The summed E-state index contributed by atoms with van der Waals surface area (Å²) < 4.78 is 5.69. The van der Waals surface area contributed by atoms with Crippen LogP contribution in [0.25, 0.3) is 11.1 Å². The lowest BCUT2D eigenvalue weighted by Crippen LogP contribution is -2.24. The van der Waals surface area contributed by atoms with E-state index in [9.17, 15) is 0 Å². The SMILES string of the molecule is NCC1Cc2cc(-c3cncnc3)cc(Cl)c2O1. The average Bonchev–Trinajstić information content (AvgIpc) is 2.83. The molecule has 0 saturated heterocycles. The molecule has 4 nitrogen and oxygen atoms in total. The van der Waals surface area contributed by atoms with Crippen molar-refractivity contribution in [1.82, 2.24) is 9.97 Å². The number of halogens is 1. The standard InChI is InChI=1S/C13H12ClN3O/c14-12-3-8(10-5-16-7-17-6-10)1-9-2-11(4-15)18-13(9)12/h1,3,5-7,11H,2,4,15H2. The van der Waals surface area contributed by atoms with Gasteiger partial charge in [-0.15, -0.1) is 0 Å². The van der Waals surface area contributed by atoms with Gasteiger partial charge >= 0.3 is 0 Å². The Kier molecular flexibility index (Phi) is 2.89. The summed E-state index contributed by atoms with van der Waals surface area (Å²) in [6.45, 7) is 0.495. The van der Waals surface area contributed by atoms with E-state index >= 15 is 0 Å². The number of hydrogen-bond acceptors (Lipinski definition) is 4. The van der Waals surface area contributed by atoms with Crippen LogP contribution >= 0.6 is 11.6 Å². The van der Waals surface area contributed by atoms with Crippen LogP contribution in [-0.4, -0.2) is 22.6 Å². The van der Waals surface area contributed by atoms with Crippen molar-refractivity contribution in [2.24, 2.45) is 5.73 Å². The number of aromatic nitrogens is 2. The molecule has 2 aromatic rings. The van der Waals surface area contributed by atoms with Gasteiger partial charge in [-0.1, -0.05) is 11.6 Å². The van der Waals surface area contributed by atoms with Crippen LogP contribution in [-0.2, 0) is 6.42 Å². The maximum atomic E-state index is 6.24. The Balaban J connectivity index is 2.04. The minimum absolute atomic E-state index is 0.0276. The van der Waals surface area contributed by atoms with Gasteiger partial charge in [-0.25, -0.2) is 9.97 Å². The second-order valence-corrected chi connectivity index (χ2v) is 4.66. The predicted molar refractivity (Wildman–Crippen MR) is 69.7 cm³/mol. The molecule has 0 aliphatic carbocycles. The number of fused-ring (bicyclic) bond motifs is 1. The monoisotopic (exact) mass is 261 g/mol. The van der Waals surface area contributed by atoms with Crippen molar-refractivity contribution in [1.29, 1.82) is 0 Å². The molecule has 1 aromatic carbocycles. The van der Waals surface area contributed by atoms with Crippen molar-refractivity contribution in [3.63, 3.8) is 0 Å². The summed E-state index contributed by atoms with van der Waals surface area (Å²) in [4.78, 5) is 8.02. The van der Waals surface area contributed by atoms with Crippen LogP contribution in [0.4, 0.5) is 0 Å². The minimum atomic E-state index is 0.0276. The third-order valence-electron chi connectivity index (χ3n) is 3.01. The molecule has 2 N–H and O–H groups in total. The molecule has 5 heteroatoms. The van der Waals surface area contributed by atoms with Crippen LogP contribution in [0.1, 0.15) is 5.56 Å². The van der Waals surface area contributed by atoms with Crippen molar-refractivity contribution in [2.45, 2.75) is 12.5 Å². The maximum absolute atomic E-state index is 6.24. The number of rotatable bonds is 2. The first-order valence-electron chi connectivity index (χ1n) is 5.72. The molecule has 1 unspecified atom stereocenters. The fourth-order valence-electron chi connectivity index (χ4n) is 2.13. The Labute approximate surface area is 110 Å². The van der Waals surface area contributed by atoms with E-state index in [1.54, 1.807) is 12.4 Å². The third kappa shape index (κ3) is 1.94. The summed E-state index contributed by atoms with van der Waals surface area (Å²) in [5.41, 5.74) is 8.66. The topological polar surface area (TPSA) is 61.0 Å². The van der Waals surface area contributed by atoms with E-state index in [4.69, 9.17) is 22.1 Å². The quantitative estimate of drug-likeness (QED) is 0.899. The molecule has 0 fully saturated rings. The molecule has 0 saturated carbocycles. The predicted octanol–water partition coefficient (Wildman–Crippen LogP) is 2.06. The Morgan fingerprint density at radius 1 is 1.28 bits per heavy atom. The summed E-state index contributed by atoms with van der Waals surface area (Å²) in [7, 11) is 0. The Hall–Kier alpha value is -1.65. The summed E-state index contributed by atoms with van der Waals surface area (Å²) in [5.74, 6) is 0.757. The van der Waals surface area contributed by atoms with E-state index in [1.807, 2.05) is 6.07 Å². The Bertz CT molecular complexity index is 574. The highest BCUT2D eigenvalue weighted by Gasteiger charge is 2.24. The van der Waals surface area contributed by atoms with E-state index in [0.717, 1.165) is 28.9 Å². The van der Waals surface area contributed by atoms with Gasteiger partial charge in [0.2, 0.25) is 0 Å². The first-order chi connectivity index (χ1) is 8.78. The molecule has 2 heterocycles. The molecule has 1 atom stereocenters. The lowest BCUT2D eigenvalue weighted by molar-refractivity contribution is 0.241. The van der Waals surface area contributed by atoms with Crippen molar-refractivity contribution in [2.75, 3.05) is 6.54 Å². The van der Waals surface area contributed by atoms with Gasteiger partial charge < -0.3 is 10.5 Å². The first-order valence-corrected chi connectivity index (χ1v) is 6.10. The van der Waals surface area contributed by atoms with E-state index in [-0.39, 0.29) is 6.10 Å². The van der Waals surface area contributed by atoms with Gasteiger partial charge in [0.1, 0.15) is 18.2 Å². The van der Waals surface area contributed by atoms with Crippen molar-refractivity contribution in [3.8, 4) is 16.9 Å². The highest BCUT2D eigenvalue weighted by molar-refractivity contribution is 6.32. The van der Waals surface area contributed by atoms with Crippen LogP contribution in [0, 0.1) is 0 Å². The van der Waals surface area contributed by atoms with Crippen molar-refractivity contribution in [3.05, 3.63) is 41.4 Å². The molecule has 1 aliphatic heterocycles. The highest BCUT2D eigenvalue weighted by Crippen LogP contribution is 2.39. The summed E-state index contributed by atoms with van der Waals surface area (Å²) >= 11 is 6.24. The molecule has 3 rings (SSSR count). The number of benzene rings is 1. The van der Waals surface area contributed by atoms with Crippen molar-refractivity contribution < 1.29 is 4.74 Å². The number of nitrogens with two attached hydrogens (primary N) is 1. The number of nitrogens with zero attached hydrogens (tertiary/aromatic N) is 2. The second-order valence-electron chi connectivity index (χ2n) is 4.25. The van der Waals surface area contributed by atoms with E-state index in [0.29, 0.717) is 11.6 Å². The van der Waals surface area contributed by atoms with E-state index in [1.165, 1.54) is 6.33 Å². The highest BCUT2D eigenvalue weighted by atomic mass is 35.5. The van der Waals surface area contributed by atoms with E-state index < -0.39 is 0 Å². The van der Waals surface area contributed by atoms with Gasteiger partial charge in [0, 0.05) is 36.5 Å². The van der Waals surface area contributed by atoms with Crippen LogP contribution in [0.5, 0.6) is 5.75 Å². The minimum Gasteiger partial charge on any atom is -0.487 e. The fourth-order valence-corrected chi connectivity index (χ4v) is 2.42. The van der Waals surface area contributed by atoms with Gasteiger partial charge in [-0.2, -0.15) is 0 Å². The summed E-state index contributed by atoms with van der Waals surface area (Å²) in [6, 6.07) is 3.94. The Morgan fingerprint density at radius 3 is 2.78 bits per heavy atom. The number of ether oxygens (including phenoxy) is 1. The van der Waals surface area contributed by atoms with Crippen molar-refractivity contribution >= 4 is 11.6 Å². The zero-order chi connectivity index (χ0) is 12.5. The molecule has 1 aliphatic rings. The van der Waals surface area contributed by atoms with Crippen LogP contribution < -0.4 is 10.5 Å². The zero-order valence-electron chi connectivity index (χ0n) is 9.64. The fraction of sp³-hybridized carbons (Fsp3) is 0.231. The van der Waals surface area contributed by atoms with Gasteiger partial charge in [-0.3, -0.25) is 0 Å².